The van der Waals surface area contributed by atoms with Gasteiger partial charge in [0.05, 0.1) is 10.6 Å². The van der Waals surface area contributed by atoms with E-state index in [2.05, 4.69) is 6.58 Å². The topological polar surface area (TPSA) is 44.0 Å². The first kappa shape index (κ1) is 26.5. The summed E-state index contributed by atoms with van der Waals surface area (Å²) in [6.45, 7) is 7.86. The fraction of sp³-hybridized carbons (Fsp3) is 0.214. The average Bonchev–Trinajstić information content (AvgIpc) is 3.34. The third-order valence-electron chi connectivity index (χ3n) is 5.39. The Hall–Kier alpha value is -3.09. The zero-order chi connectivity index (χ0) is 25.4. The van der Waals surface area contributed by atoms with E-state index in [1.807, 2.05) is 55.5 Å². The summed E-state index contributed by atoms with van der Waals surface area (Å²) in [5.41, 5.74) is 2.28. The Morgan fingerprint density at radius 2 is 1.83 bits per heavy atom. The number of thioether (sulfide) groups is 1. The number of rotatable bonds is 6. The molecule has 0 spiro atoms. The lowest BCUT2D eigenvalue weighted by molar-refractivity contribution is 0.549. The Kier molecular flexibility index (Phi) is 9.52. The van der Waals surface area contributed by atoms with E-state index < -0.39 is 0 Å². The fourth-order valence-corrected chi connectivity index (χ4v) is 4.93. The third-order valence-corrected chi connectivity index (χ3v) is 6.80. The zero-order valence-electron chi connectivity index (χ0n) is 19.8. The summed E-state index contributed by atoms with van der Waals surface area (Å²) in [7, 11) is 0. The van der Waals surface area contributed by atoms with Gasteiger partial charge in [-0.3, -0.25) is 13.9 Å². The van der Waals surface area contributed by atoms with E-state index in [4.69, 9.17) is 11.6 Å². The van der Waals surface area contributed by atoms with Crippen LogP contribution in [0.4, 0.5) is 4.39 Å². The molecule has 0 fully saturated rings. The molecular weight excluding hydrogens is 483 g/mol. The van der Waals surface area contributed by atoms with E-state index in [0.717, 1.165) is 16.3 Å². The third kappa shape index (κ3) is 6.53. The van der Waals surface area contributed by atoms with Gasteiger partial charge in [-0.15, -0.1) is 11.8 Å². The molecule has 4 nitrogen and oxygen atoms in total. The second-order valence-corrected chi connectivity index (χ2v) is 9.45. The summed E-state index contributed by atoms with van der Waals surface area (Å²) in [4.78, 5) is 26.1. The molecule has 35 heavy (non-hydrogen) atoms. The van der Waals surface area contributed by atoms with Crippen molar-refractivity contribution in [1.29, 1.82) is 0 Å². The molecule has 2 heterocycles. The predicted molar refractivity (Wildman–Crippen MR) is 145 cm³/mol. The van der Waals surface area contributed by atoms with Gasteiger partial charge >= 0.3 is 5.69 Å². The van der Waals surface area contributed by atoms with Crippen molar-refractivity contribution in [3.05, 3.63) is 122 Å². The van der Waals surface area contributed by atoms with Crippen LogP contribution in [-0.4, -0.2) is 14.9 Å². The number of hydrogen-bond donors (Lipinski definition) is 0. The summed E-state index contributed by atoms with van der Waals surface area (Å²) in [5.74, 6) is 0.530. The standard InChI is InChI=1S/C20H17ClN2O2S.C8H11F/c21-16-9-5-4-8-15(16)17-18(24)22(11-10-14-6-2-1-3-7-14)20(25)23-12-13-26-19(17)23;1-4-5-6-8(9)7(2)3/h1-9H,10-13H2;4-6H,2H2,1,3H3/b;5-4-,8-6+. The van der Waals surface area contributed by atoms with Crippen LogP contribution in [0.1, 0.15) is 19.4 Å². The first-order valence-corrected chi connectivity index (χ1v) is 12.6. The molecule has 1 aromatic heterocycles. The van der Waals surface area contributed by atoms with Gasteiger partial charge < -0.3 is 0 Å². The Morgan fingerprint density at radius 3 is 2.49 bits per heavy atom. The number of halogens is 2. The molecule has 0 aliphatic carbocycles. The maximum atomic E-state index is 13.2. The number of aryl methyl sites for hydroxylation is 1. The van der Waals surface area contributed by atoms with Crippen LogP contribution in [0.15, 0.2) is 105 Å². The number of hydrogen-bond acceptors (Lipinski definition) is 3. The van der Waals surface area contributed by atoms with Crippen LogP contribution in [0.25, 0.3) is 11.1 Å². The van der Waals surface area contributed by atoms with E-state index in [0.29, 0.717) is 41.2 Å². The van der Waals surface area contributed by atoms with Crippen LogP contribution in [0.5, 0.6) is 0 Å². The Morgan fingerprint density at radius 1 is 1.14 bits per heavy atom. The number of benzene rings is 2. The lowest BCUT2D eigenvalue weighted by atomic mass is 10.1. The molecule has 0 bridgehead atoms. The molecule has 0 amide bonds. The quantitative estimate of drug-likeness (QED) is 0.275. The van der Waals surface area contributed by atoms with Crippen molar-refractivity contribution in [2.45, 2.75) is 38.4 Å². The smallest absolute Gasteiger partial charge is 0.286 e. The van der Waals surface area contributed by atoms with Gasteiger partial charge in [0.15, 0.2) is 0 Å². The fourth-order valence-electron chi connectivity index (χ4n) is 3.56. The molecule has 1 aliphatic rings. The van der Waals surface area contributed by atoms with Crippen molar-refractivity contribution in [2.24, 2.45) is 0 Å². The zero-order valence-corrected chi connectivity index (χ0v) is 21.4. The van der Waals surface area contributed by atoms with Crippen molar-refractivity contribution in [3.8, 4) is 11.1 Å². The summed E-state index contributed by atoms with van der Waals surface area (Å²) in [6.07, 6.45) is 5.43. The predicted octanol–water partition coefficient (Wildman–Crippen LogP) is 6.67. The van der Waals surface area contributed by atoms with Crippen LogP contribution < -0.4 is 11.2 Å². The summed E-state index contributed by atoms with van der Waals surface area (Å²) in [5, 5.41) is 1.25. The average molecular weight is 511 g/mol. The molecule has 1 aliphatic heterocycles. The van der Waals surface area contributed by atoms with Crippen LogP contribution in [0.2, 0.25) is 5.02 Å². The number of allylic oxidation sites excluding steroid dienone is 5. The minimum Gasteiger partial charge on any atom is -0.286 e. The molecule has 0 unspecified atom stereocenters. The molecule has 0 N–H and O–H groups in total. The van der Waals surface area contributed by atoms with Gasteiger partial charge in [0.25, 0.3) is 5.56 Å². The number of fused-ring (bicyclic) bond motifs is 1. The highest BCUT2D eigenvalue weighted by Gasteiger charge is 2.25. The Balaban J connectivity index is 0.000000327. The molecule has 0 atom stereocenters. The summed E-state index contributed by atoms with van der Waals surface area (Å²) < 4.78 is 15.5. The van der Waals surface area contributed by atoms with Crippen LogP contribution in [0, 0.1) is 0 Å². The van der Waals surface area contributed by atoms with Crippen molar-refractivity contribution in [3.63, 3.8) is 0 Å². The van der Waals surface area contributed by atoms with Gasteiger partial charge in [0.2, 0.25) is 0 Å². The molecule has 0 radical (unpaired) electrons. The maximum Gasteiger partial charge on any atom is 0.331 e. The molecule has 182 valence electrons. The van der Waals surface area contributed by atoms with Gasteiger partial charge in [-0.2, -0.15) is 0 Å². The summed E-state index contributed by atoms with van der Waals surface area (Å²) in [6, 6.07) is 17.2. The Labute approximate surface area is 214 Å². The SMILES string of the molecule is C=C(C)/C(F)=C\C=C/C.O=c1c(-c2ccccc2Cl)c2n(c(=O)n1CCc1ccccc1)CCS2. The van der Waals surface area contributed by atoms with Crippen molar-refractivity contribution in [2.75, 3.05) is 5.75 Å². The van der Waals surface area contributed by atoms with Gasteiger partial charge in [-0.1, -0.05) is 78.9 Å². The second kappa shape index (κ2) is 12.6. The monoisotopic (exact) mass is 510 g/mol. The molecule has 7 heteroatoms. The highest BCUT2D eigenvalue weighted by atomic mass is 35.5. The van der Waals surface area contributed by atoms with Gasteiger partial charge in [0.1, 0.15) is 5.83 Å². The summed E-state index contributed by atoms with van der Waals surface area (Å²) >= 11 is 7.89. The largest absolute Gasteiger partial charge is 0.331 e. The van der Waals surface area contributed by atoms with E-state index in [1.54, 1.807) is 41.5 Å². The van der Waals surface area contributed by atoms with Crippen molar-refractivity contribution >= 4 is 23.4 Å². The van der Waals surface area contributed by atoms with Gasteiger partial charge in [-0.05, 0) is 43.5 Å². The highest BCUT2D eigenvalue weighted by molar-refractivity contribution is 7.99. The molecule has 3 aromatic rings. The number of aromatic nitrogens is 2. The van der Waals surface area contributed by atoms with Crippen LogP contribution >= 0.6 is 23.4 Å². The minimum atomic E-state index is -0.264. The Bertz CT molecular complexity index is 1370. The highest BCUT2D eigenvalue weighted by Crippen LogP contribution is 2.35. The van der Waals surface area contributed by atoms with Crippen LogP contribution in [-0.2, 0) is 19.5 Å². The van der Waals surface area contributed by atoms with Crippen molar-refractivity contribution < 1.29 is 4.39 Å². The first-order valence-electron chi connectivity index (χ1n) is 11.3. The molecule has 0 saturated carbocycles. The first-order chi connectivity index (χ1) is 16.8. The van der Waals surface area contributed by atoms with Gasteiger partial charge in [0, 0.05) is 29.4 Å². The normalized spacial score (nSPS) is 12.9. The second-order valence-electron chi connectivity index (χ2n) is 7.96. The number of nitrogens with zero attached hydrogens (tertiary/aromatic N) is 2. The van der Waals surface area contributed by atoms with Crippen molar-refractivity contribution in [1.82, 2.24) is 9.13 Å². The lowest BCUT2D eigenvalue weighted by Crippen LogP contribution is -2.41. The maximum absolute atomic E-state index is 13.2. The minimum absolute atomic E-state index is 0.235. The molecular formula is C28H28ClFN2O2S. The van der Waals surface area contributed by atoms with E-state index in [-0.39, 0.29) is 17.1 Å². The van der Waals surface area contributed by atoms with E-state index >= 15 is 0 Å². The molecule has 2 aromatic carbocycles. The molecule has 0 saturated heterocycles. The van der Waals surface area contributed by atoms with Crippen LogP contribution in [0.3, 0.4) is 0 Å². The van der Waals surface area contributed by atoms with E-state index in [1.165, 1.54) is 10.6 Å². The van der Waals surface area contributed by atoms with Gasteiger partial charge in [-0.25, -0.2) is 9.18 Å². The lowest BCUT2D eigenvalue weighted by Gasteiger charge is -2.14. The van der Waals surface area contributed by atoms with E-state index in [9.17, 15) is 14.0 Å². The molecule has 4 rings (SSSR count).